The number of ether oxygens (including phenoxy) is 1. The Morgan fingerprint density at radius 2 is 1.77 bits per heavy atom. The predicted molar refractivity (Wildman–Crippen MR) is 114 cm³/mol. The molecule has 1 aliphatic rings. The Labute approximate surface area is 178 Å². The number of nitrogens with one attached hydrogen (secondary N) is 1. The van der Waals surface area contributed by atoms with Gasteiger partial charge in [-0.25, -0.2) is 9.59 Å². The van der Waals surface area contributed by atoms with E-state index >= 15 is 0 Å². The van der Waals surface area contributed by atoms with Crippen LogP contribution in [-0.4, -0.2) is 23.1 Å². The molecule has 1 aromatic heterocycles. The summed E-state index contributed by atoms with van der Waals surface area (Å²) in [6.07, 6.45) is 2.64. The van der Waals surface area contributed by atoms with Crippen LogP contribution in [0.1, 0.15) is 42.5 Å². The third-order valence-corrected chi connectivity index (χ3v) is 5.54. The minimum absolute atomic E-state index is 0.322. The molecule has 0 aliphatic heterocycles. The highest BCUT2D eigenvalue weighted by Crippen LogP contribution is 2.29. The maximum atomic E-state index is 12.6. The minimum Gasteiger partial charge on any atom is -0.481 e. The number of amides is 1. The average molecular weight is 421 g/mol. The van der Waals surface area contributed by atoms with Crippen LogP contribution >= 0.6 is 0 Å². The zero-order chi connectivity index (χ0) is 22.0. The van der Waals surface area contributed by atoms with E-state index in [1.807, 2.05) is 6.07 Å². The van der Waals surface area contributed by atoms with Crippen molar-refractivity contribution in [2.24, 2.45) is 0 Å². The smallest absolute Gasteiger partial charge is 0.339 e. The highest BCUT2D eigenvalue weighted by Gasteiger charge is 2.25. The van der Waals surface area contributed by atoms with Crippen LogP contribution in [0.4, 0.5) is 0 Å². The molecule has 1 amide bonds. The summed E-state index contributed by atoms with van der Waals surface area (Å²) >= 11 is 0. The molecular weight excluding hydrogens is 398 g/mol. The first-order chi connectivity index (χ1) is 14.9. The average Bonchev–Trinajstić information content (AvgIpc) is 2.77. The van der Waals surface area contributed by atoms with Gasteiger partial charge in [0.05, 0.1) is 0 Å². The van der Waals surface area contributed by atoms with Crippen molar-refractivity contribution in [3.63, 3.8) is 0 Å². The molecule has 2 atom stereocenters. The number of hydrogen-bond donors (Lipinski definition) is 2. The number of carbonyl (C=O) groups excluding carboxylic acids is 1. The summed E-state index contributed by atoms with van der Waals surface area (Å²) in [5.41, 5.74) is 2.34. The van der Waals surface area contributed by atoms with Crippen LogP contribution in [0, 0.1) is 0 Å². The first kappa shape index (κ1) is 20.7. The number of benzene rings is 2. The Balaban J connectivity index is 1.52. The number of aryl methyl sites for hydroxylation is 1. The number of rotatable bonds is 6. The van der Waals surface area contributed by atoms with Crippen LogP contribution in [0.15, 0.2) is 57.7 Å². The maximum Gasteiger partial charge on any atom is 0.339 e. The molecule has 4 rings (SSSR count). The Hall–Kier alpha value is -3.61. The second-order valence-corrected chi connectivity index (χ2v) is 7.66. The van der Waals surface area contributed by atoms with E-state index in [0.717, 1.165) is 42.2 Å². The van der Waals surface area contributed by atoms with Crippen LogP contribution < -0.4 is 15.7 Å². The fourth-order valence-electron chi connectivity index (χ4n) is 3.95. The Bertz CT molecular complexity index is 1180. The molecule has 0 radical (unpaired) electrons. The summed E-state index contributed by atoms with van der Waals surface area (Å²) in [7, 11) is 0. The van der Waals surface area contributed by atoms with Crippen LogP contribution in [0.3, 0.4) is 0 Å². The zero-order valence-corrected chi connectivity index (χ0v) is 17.1. The van der Waals surface area contributed by atoms with Crippen molar-refractivity contribution >= 4 is 22.8 Å². The van der Waals surface area contributed by atoms with E-state index in [2.05, 4.69) is 5.32 Å². The van der Waals surface area contributed by atoms with Crippen LogP contribution in [0.2, 0.25) is 0 Å². The Morgan fingerprint density at radius 1 is 1.06 bits per heavy atom. The van der Waals surface area contributed by atoms with E-state index < -0.39 is 24.0 Å². The molecule has 0 saturated heterocycles. The maximum absolute atomic E-state index is 12.6. The molecule has 3 aromatic rings. The van der Waals surface area contributed by atoms with Crippen molar-refractivity contribution in [1.29, 1.82) is 0 Å². The molecule has 7 heteroatoms. The summed E-state index contributed by atoms with van der Waals surface area (Å²) in [6.45, 7) is 1.53. The molecule has 7 nitrogen and oxygen atoms in total. The van der Waals surface area contributed by atoms with Gasteiger partial charge in [0.1, 0.15) is 11.3 Å². The fourth-order valence-corrected chi connectivity index (χ4v) is 3.95. The molecule has 0 unspecified atom stereocenters. The van der Waals surface area contributed by atoms with E-state index in [4.69, 9.17) is 9.15 Å². The Morgan fingerprint density at radius 3 is 2.48 bits per heavy atom. The van der Waals surface area contributed by atoms with E-state index in [1.54, 1.807) is 42.5 Å². The second kappa shape index (κ2) is 8.63. The molecule has 2 N–H and O–H groups in total. The molecule has 1 heterocycles. The zero-order valence-electron chi connectivity index (χ0n) is 17.1. The highest BCUT2D eigenvalue weighted by atomic mass is 16.5. The summed E-state index contributed by atoms with van der Waals surface area (Å²) in [5.74, 6) is -1.37. The standard InChI is InChI=1S/C24H23NO6/c1-14(22(26)25-21(23(27)28)15-7-3-2-4-8-15)30-16-11-12-18-17-9-5-6-10-19(17)24(29)31-20(18)13-16/h2-4,7-8,11-14,21H,5-6,9-10H2,1H3,(H,25,26)(H,27,28)/t14-,21+/m1/s1. The van der Waals surface area contributed by atoms with Crippen molar-refractivity contribution in [3.05, 3.63) is 75.6 Å². The number of hydrogen-bond acceptors (Lipinski definition) is 5. The SMILES string of the molecule is C[C@@H](Oc1ccc2c3c(c(=O)oc2c1)CCCC3)C(=O)N[C@H](C(=O)O)c1ccccc1. The highest BCUT2D eigenvalue weighted by molar-refractivity contribution is 5.87. The van der Waals surface area contributed by atoms with Gasteiger partial charge >= 0.3 is 11.6 Å². The lowest BCUT2D eigenvalue weighted by Crippen LogP contribution is -2.41. The van der Waals surface area contributed by atoms with Crippen LogP contribution in [0.5, 0.6) is 5.75 Å². The number of aliphatic carboxylic acids is 1. The quantitative estimate of drug-likeness (QED) is 0.591. The molecule has 0 bridgehead atoms. The normalized spacial score (nSPS) is 15.0. The molecule has 1 aliphatic carbocycles. The molecule has 0 fully saturated rings. The third kappa shape index (κ3) is 4.30. The summed E-state index contributed by atoms with van der Waals surface area (Å²) in [5, 5.41) is 12.9. The molecule has 160 valence electrons. The van der Waals surface area contributed by atoms with Crippen molar-refractivity contribution < 1.29 is 23.8 Å². The first-order valence-electron chi connectivity index (χ1n) is 10.3. The van der Waals surface area contributed by atoms with Crippen LogP contribution in [-0.2, 0) is 22.4 Å². The third-order valence-electron chi connectivity index (χ3n) is 5.54. The predicted octanol–water partition coefficient (Wildman–Crippen LogP) is 3.38. The number of carboxylic acids is 1. The lowest BCUT2D eigenvalue weighted by molar-refractivity contribution is -0.143. The minimum atomic E-state index is -1.18. The fraction of sp³-hybridized carbons (Fsp3) is 0.292. The lowest BCUT2D eigenvalue weighted by atomic mass is 9.91. The first-order valence-corrected chi connectivity index (χ1v) is 10.3. The topological polar surface area (TPSA) is 106 Å². The number of fused-ring (bicyclic) bond motifs is 3. The number of carbonyl (C=O) groups is 2. The lowest BCUT2D eigenvalue weighted by Gasteiger charge is -2.20. The van der Waals surface area contributed by atoms with Gasteiger partial charge in [0.2, 0.25) is 0 Å². The molecule has 0 spiro atoms. The molecule has 0 saturated carbocycles. The molecule has 2 aromatic carbocycles. The molecular formula is C24H23NO6. The van der Waals surface area contributed by atoms with E-state index in [-0.39, 0.29) is 5.63 Å². The van der Waals surface area contributed by atoms with Crippen molar-refractivity contribution in [2.45, 2.75) is 44.8 Å². The van der Waals surface area contributed by atoms with E-state index in [1.165, 1.54) is 6.92 Å². The van der Waals surface area contributed by atoms with Crippen molar-refractivity contribution in [1.82, 2.24) is 5.32 Å². The monoisotopic (exact) mass is 421 g/mol. The molecule has 31 heavy (non-hydrogen) atoms. The summed E-state index contributed by atoms with van der Waals surface area (Å²) in [4.78, 5) is 36.5. The van der Waals surface area contributed by atoms with Gasteiger partial charge in [0.15, 0.2) is 12.1 Å². The van der Waals surface area contributed by atoms with Crippen LogP contribution in [0.25, 0.3) is 11.0 Å². The Kier molecular flexibility index (Phi) is 5.75. The number of carboxylic acid groups (broad SMARTS) is 1. The van der Waals surface area contributed by atoms with Gasteiger partial charge in [0.25, 0.3) is 5.91 Å². The second-order valence-electron chi connectivity index (χ2n) is 7.66. The van der Waals surface area contributed by atoms with E-state index in [0.29, 0.717) is 16.9 Å². The van der Waals surface area contributed by atoms with Crippen molar-refractivity contribution in [3.8, 4) is 5.75 Å². The van der Waals surface area contributed by atoms with Gasteiger partial charge in [-0.2, -0.15) is 0 Å². The van der Waals surface area contributed by atoms with Gasteiger partial charge < -0.3 is 19.6 Å². The van der Waals surface area contributed by atoms with Gasteiger partial charge in [0, 0.05) is 17.0 Å². The van der Waals surface area contributed by atoms with Gasteiger partial charge in [-0.05, 0) is 55.9 Å². The van der Waals surface area contributed by atoms with Gasteiger partial charge in [-0.3, -0.25) is 4.79 Å². The van der Waals surface area contributed by atoms with Gasteiger partial charge in [-0.1, -0.05) is 30.3 Å². The summed E-state index contributed by atoms with van der Waals surface area (Å²) < 4.78 is 11.2. The van der Waals surface area contributed by atoms with E-state index in [9.17, 15) is 19.5 Å². The van der Waals surface area contributed by atoms with Crippen molar-refractivity contribution in [2.75, 3.05) is 0 Å². The van der Waals surface area contributed by atoms with Gasteiger partial charge in [-0.15, -0.1) is 0 Å². The largest absolute Gasteiger partial charge is 0.481 e. The summed E-state index contributed by atoms with van der Waals surface area (Å²) in [6, 6.07) is 12.4.